The molecule has 0 fully saturated rings. The van der Waals surface area contributed by atoms with Crippen LogP contribution in [0.4, 0.5) is 0 Å². The van der Waals surface area contributed by atoms with Crippen molar-refractivity contribution in [3.05, 3.63) is 149 Å². The average molecular weight is 525 g/mol. The highest BCUT2D eigenvalue weighted by Gasteiger charge is 2.52. The van der Waals surface area contributed by atoms with Gasteiger partial charge in [-0.05, 0) is 71.8 Å². The molecule has 4 heterocycles. The van der Waals surface area contributed by atoms with Crippen molar-refractivity contribution in [1.82, 2.24) is 14.5 Å². The molecule has 5 nitrogen and oxygen atoms in total. The van der Waals surface area contributed by atoms with Gasteiger partial charge < -0.3 is 9.30 Å². The second kappa shape index (κ2) is 7.91. The van der Waals surface area contributed by atoms with Crippen LogP contribution in [-0.2, 0) is 5.41 Å². The first-order valence-corrected chi connectivity index (χ1v) is 13.6. The van der Waals surface area contributed by atoms with Crippen molar-refractivity contribution in [3.8, 4) is 34.6 Å². The standard InChI is InChI=1S/C36H20N4O/c37-21-22-13-15-31-25(19-22)24-7-1-3-11-30(24)40(31)23-14-16-33-29(20-23)36(26-8-2-4-12-32(26)41-33)27-9-5-17-38-34(27)35-28(36)10-6-18-39-35/h1-20H. The molecule has 5 heteroatoms. The Morgan fingerprint density at radius 2 is 1.29 bits per heavy atom. The summed E-state index contributed by atoms with van der Waals surface area (Å²) in [6.07, 6.45) is 3.68. The van der Waals surface area contributed by atoms with Gasteiger partial charge in [-0.2, -0.15) is 5.26 Å². The lowest BCUT2D eigenvalue weighted by Gasteiger charge is -2.39. The van der Waals surface area contributed by atoms with E-state index in [1.54, 1.807) is 0 Å². The van der Waals surface area contributed by atoms with E-state index >= 15 is 0 Å². The monoisotopic (exact) mass is 524 g/mol. The van der Waals surface area contributed by atoms with Gasteiger partial charge in [0, 0.05) is 40.0 Å². The number of nitrogens with zero attached hydrogens (tertiary/aromatic N) is 4. The number of para-hydroxylation sites is 2. The summed E-state index contributed by atoms with van der Waals surface area (Å²) in [5.74, 6) is 1.65. The fourth-order valence-corrected chi connectivity index (χ4v) is 7.01. The Kier molecular flexibility index (Phi) is 4.27. The van der Waals surface area contributed by atoms with Crippen molar-refractivity contribution >= 4 is 21.8 Å². The highest BCUT2D eigenvalue weighted by molar-refractivity contribution is 6.09. The predicted molar refractivity (Wildman–Crippen MR) is 158 cm³/mol. The van der Waals surface area contributed by atoms with E-state index in [0.717, 1.165) is 72.6 Å². The average Bonchev–Trinajstić information content (AvgIpc) is 3.52. The summed E-state index contributed by atoms with van der Waals surface area (Å²) in [5.41, 5.74) is 9.28. The molecule has 0 bridgehead atoms. The Morgan fingerprint density at radius 3 is 2.10 bits per heavy atom. The molecule has 1 aliphatic heterocycles. The highest BCUT2D eigenvalue weighted by Crippen LogP contribution is 2.61. The van der Waals surface area contributed by atoms with E-state index in [0.29, 0.717) is 5.56 Å². The summed E-state index contributed by atoms with van der Waals surface area (Å²) in [6, 6.07) is 39.7. The van der Waals surface area contributed by atoms with E-state index in [-0.39, 0.29) is 0 Å². The first-order valence-electron chi connectivity index (χ1n) is 13.6. The molecular weight excluding hydrogens is 504 g/mol. The van der Waals surface area contributed by atoms with Crippen LogP contribution in [-0.4, -0.2) is 14.5 Å². The first-order chi connectivity index (χ1) is 20.3. The number of hydrogen-bond donors (Lipinski definition) is 0. The molecule has 1 aliphatic carbocycles. The van der Waals surface area contributed by atoms with E-state index in [4.69, 9.17) is 14.7 Å². The number of rotatable bonds is 1. The maximum Gasteiger partial charge on any atom is 0.132 e. The van der Waals surface area contributed by atoms with Crippen LogP contribution < -0.4 is 4.74 Å². The van der Waals surface area contributed by atoms with Crippen molar-refractivity contribution in [2.75, 3.05) is 0 Å². The number of benzene rings is 4. The van der Waals surface area contributed by atoms with Crippen LogP contribution in [0.3, 0.4) is 0 Å². The minimum Gasteiger partial charge on any atom is -0.457 e. The fraction of sp³-hybridized carbons (Fsp3) is 0.0278. The molecule has 0 atom stereocenters. The summed E-state index contributed by atoms with van der Waals surface area (Å²) < 4.78 is 8.87. The molecule has 0 amide bonds. The molecule has 41 heavy (non-hydrogen) atoms. The molecule has 0 saturated carbocycles. The zero-order valence-corrected chi connectivity index (χ0v) is 21.7. The minimum atomic E-state index is -0.639. The SMILES string of the molecule is N#Cc1ccc2c(c1)c1ccccc1n2-c1ccc2c(c1)C1(c3ccccc3O2)c2cccnc2-c2ncccc21. The maximum absolute atomic E-state index is 9.60. The van der Waals surface area contributed by atoms with Gasteiger partial charge in [-0.1, -0.05) is 48.5 Å². The smallest absolute Gasteiger partial charge is 0.132 e. The molecule has 7 aromatic rings. The van der Waals surface area contributed by atoms with Crippen LogP contribution in [0.1, 0.15) is 27.8 Å². The van der Waals surface area contributed by atoms with E-state index in [1.165, 1.54) is 0 Å². The van der Waals surface area contributed by atoms with E-state index < -0.39 is 5.41 Å². The second-order valence-electron chi connectivity index (χ2n) is 10.5. The summed E-state index contributed by atoms with van der Waals surface area (Å²) in [6.45, 7) is 0. The van der Waals surface area contributed by atoms with Gasteiger partial charge in [-0.15, -0.1) is 0 Å². The van der Waals surface area contributed by atoms with Gasteiger partial charge in [-0.3, -0.25) is 9.97 Å². The van der Waals surface area contributed by atoms with Crippen LogP contribution in [0.25, 0.3) is 38.9 Å². The normalized spacial score (nSPS) is 13.7. The fourth-order valence-electron chi connectivity index (χ4n) is 7.01. The van der Waals surface area contributed by atoms with Crippen LogP contribution in [0.2, 0.25) is 0 Å². The van der Waals surface area contributed by atoms with Gasteiger partial charge in [0.15, 0.2) is 0 Å². The van der Waals surface area contributed by atoms with Gasteiger partial charge in [0.1, 0.15) is 11.5 Å². The Bertz CT molecular complexity index is 2230. The number of pyridine rings is 2. The molecule has 3 aromatic heterocycles. The number of fused-ring (bicyclic) bond motifs is 12. The van der Waals surface area contributed by atoms with Gasteiger partial charge >= 0.3 is 0 Å². The lowest BCUT2D eigenvalue weighted by molar-refractivity contribution is 0.436. The lowest BCUT2D eigenvalue weighted by atomic mass is 9.66. The molecule has 9 rings (SSSR count). The zero-order valence-electron chi connectivity index (χ0n) is 21.7. The Balaban J connectivity index is 1.41. The van der Waals surface area contributed by atoms with Crippen LogP contribution >= 0.6 is 0 Å². The van der Waals surface area contributed by atoms with E-state index in [2.05, 4.69) is 71.3 Å². The number of hydrogen-bond acceptors (Lipinski definition) is 4. The minimum absolute atomic E-state index is 0.639. The molecule has 0 N–H and O–H groups in total. The van der Waals surface area contributed by atoms with Crippen LogP contribution in [0, 0.1) is 11.3 Å². The van der Waals surface area contributed by atoms with Crippen LogP contribution in [0.5, 0.6) is 11.5 Å². The third kappa shape index (κ3) is 2.73. The van der Waals surface area contributed by atoms with Crippen molar-refractivity contribution in [3.63, 3.8) is 0 Å². The predicted octanol–water partition coefficient (Wildman–Crippen LogP) is 7.91. The van der Waals surface area contributed by atoms with Crippen molar-refractivity contribution in [2.24, 2.45) is 0 Å². The first kappa shape index (κ1) is 22.1. The molecule has 0 unspecified atom stereocenters. The van der Waals surface area contributed by atoms with Gasteiger partial charge in [-0.25, -0.2) is 0 Å². The topological polar surface area (TPSA) is 63.7 Å². The van der Waals surface area contributed by atoms with Crippen LogP contribution in [0.15, 0.2) is 122 Å². The third-order valence-corrected chi connectivity index (χ3v) is 8.59. The van der Waals surface area contributed by atoms with Gasteiger partial charge in [0.25, 0.3) is 0 Å². The van der Waals surface area contributed by atoms with Gasteiger partial charge in [0.05, 0.1) is 39.5 Å². The molecule has 190 valence electrons. The summed E-state index contributed by atoms with van der Waals surface area (Å²) >= 11 is 0. The van der Waals surface area contributed by atoms with Gasteiger partial charge in [0.2, 0.25) is 0 Å². The number of aromatic nitrogens is 3. The molecule has 2 aliphatic rings. The lowest BCUT2D eigenvalue weighted by Crippen LogP contribution is -2.32. The molecule has 0 radical (unpaired) electrons. The molecule has 1 spiro atoms. The largest absolute Gasteiger partial charge is 0.457 e. The maximum atomic E-state index is 9.60. The number of nitriles is 1. The highest BCUT2D eigenvalue weighted by atomic mass is 16.5. The van der Waals surface area contributed by atoms with Crippen molar-refractivity contribution in [2.45, 2.75) is 5.41 Å². The quantitative estimate of drug-likeness (QED) is 0.219. The number of ether oxygens (including phenoxy) is 1. The van der Waals surface area contributed by atoms with Crippen molar-refractivity contribution < 1.29 is 4.74 Å². The summed E-state index contributed by atoms with van der Waals surface area (Å²) in [5, 5.41) is 11.8. The van der Waals surface area contributed by atoms with Crippen molar-refractivity contribution in [1.29, 1.82) is 5.26 Å². The summed E-state index contributed by atoms with van der Waals surface area (Å²) in [7, 11) is 0. The summed E-state index contributed by atoms with van der Waals surface area (Å²) in [4.78, 5) is 9.66. The Morgan fingerprint density at radius 1 is 0.610 bits per heavy atom. The second-order valence-corrected chi connectivity index (χ2v) is 10.5. The Hall–Kier alpha value is -5.73. The Labute approximate surface area is 235 Å². The third-order valence-electron chi connectivity index (χ3n) is 8.59. The molecule has 4 aromatic carbocycles. The van der Waals surface area contributed by atoms with E-state index in [9.17, 15) is 5.26 Å². The molecule has 0 saturated heterocycles. The zero-order chi connectivity index (χ0) is 27.1. The van der Waals surface area contributed by atoms with E-state index in [1.807, 2.05) is 60.9 Å². The molecular formula is C36H20N4O.